The zero-order chi connectivity index (χ0) is 29.5. The molecule has 0 bridgehead atoms. The van der Waals surface area contributed by atoms with Crippen LogP contribution in [0.3, 0.4) is 0 Å². The Hall–Kier alpha value is -3.98. The molecule has 1 fully saturated rings. The summed E-state index contributed by atoms with van der Waals surface area (Å²) in [4.78, 5) is 38.5. The number of amides is 1. The minimum atomic E-state index is -0.850. The number of imidazole rings is 1. The molecule has 9 heteroatoms. The van der Waals surface area contributed by atoms with Gasteiger partial charge in [-0.25, -0.2) is 9.97 Å². The number of unbranched alkanes of at least 4 members (excludes halogenated alkanes) is 1. The lowest BCUT2D eigenvalue weighted by Gasteiger charge is -2.30. The predicted octanol–water partition coefficient (Wildman–Crippen LogP) is 5.04. The number of aromatic nitrogens is 3. The fourth-order valence-corrected chi connectivity index (χ4v) is 5.95. The number of carboxylic acid groups (broad SMARTS) is 1. The highest BCUT2D eigenvalue weighted by Gasteiger charge is 2.21. The van der Waals surface area contributed by atoms with E-state index in [-0.39, 0.29) is 12.3 Å². The van der Waals surface area contributed by atoms with Gasteiger partial charge < -0.3 is 20.3 Å². The molecule has 0 unspecified atom stereocenters. The van der Waals surface area contributed by atoms with Crippen molar-refractivity contribution in [3.05, 3.63) is 65.5 Å². The lowest BCUT2D eigenvalue weighted by Crippen LogP contribution is -2.42. The largest absolute Gasteiger partial charge is 0.481 e. The number of carbonyl (C=O) groups is 2. The van der Waals surface area contributed by atoms with Crippen LogP contribution in [0.4, 0.5) is 5.82 Å². The van der Waals surface area contributed by atoms with Gasteiger partial charge in [-0.15, -0.1) is 0 Å². The van der Waals surface area contributed by atoms with Crippen LogP contribution in [0, 0.1) is 0 Å². The summed E-state index contributed by atoms with van der Waals surface area (Å²) in [5.74, 6) is 0.741. The van der Waals surface area contributed by atoms with Crippen LogP contribution in [0.2, 0.25) is 0 Å². The molecule has 0 aliphatic carbocycles. The number of rotatable bonds is 13. The topological polar surface area (TPSA) is 118 Å². The van der Waals surface area contributed by atoms with Crippen molar-refractivity contribution >= 4 is 39.6 Å². The third kappa shape index (κ3) is 7.07. The van der Waals surface area contributed by atoms with E-state index < -0.39 is 5.97 Å². The molecule has 9 nitrogen and oxygen atoms in total. The molecule has 3 N–H and O–H groups in total. The number of piperidine rings is 1. The number of aryl methyl sites for hydroxylation is 2. The van der Waals surface area contributed by atoms with E-state index in [1.54, 1.807) is 0 Å². The second-order valence-electron chi connectivity index (χ2n) is 11.4. The number of fused-ring (bicyclic) bond motifs is 3. The summed E-state index contributed by atoms with van der Waals surface area (Å²) >= 11 is 0. The summed E-state index contributed by atoms with van der Waals surface area (Å²) in [6, 6.07) is 15.6. The lowest BCUT2D eigenvalue weighted by molar-refractivity contribution is -0.136. The van der Waals surface area contributed by atoms with Crippen molar-refractivity contribution in [3.8, 4) is 0 Å². The highest BCUT2D eigenvalue weighted by Crippen LogP contribution is 2.29. The van der Waals surface area contributed by atoms with Gasteiger partial charge in [-0.05, 0) is 56.0 Å². The first-order valence-corrected chi connectivity index (χ1v) is 15.3. The Morgan fingerprint density at radius 1 is 0.976 bits per heavy atom. The van der Waals surface area contributed by atoms with E-state index in [1.165, 1.54) is 6.42 Å². The van der Waals surface area contributed by atoms with Crippen molar-refractivity contribution in [3.63, 3.8) is 0 Å². The highest BCUT2D eigenvalue weighted by molar-refractivity contribution is 6.06. The van der Waals surface area contributed by atoms with Gasteiger partial charge >= 0.3 is 5.97 Å². The number of para-hydroxylation sites is 1. The van der Waals surface area contributed by atoms with Crippen LogP contribution in [0.5, 0.6) is 0 Å². The van der Waals surface area contributed by atoms with Gasteiger partial charge in [0.05, 0.1) is 24.0 Å². The lowest BCUT2D eigenvalue weighted by atomic mass is 10.1. The molecule has 0 saturated carbocycles. The summed E-state index contributed by atoms with van der Waals surface area (Å²) in [5, 5.41) is 10.2. The van der Waals surface area contributed by atoms with Crippen LogP contribution in [0.25, 0.3) is 21.9 Å². The quantitative estimate of drug-likeness (QED) is 0.231. The van der Waals surface area contributed by atoms with Crippen molar-refractivity contribution in [2.24, 2.45) is 0 Å². The van der Waals surface area contributed by atoms with E-state index in [9.17, 15) is 9.59 Å². The van der Waals surface area contributed by atoms with Gasteiger partial charge in [0, 0.05) is 31.4 Å². The molecule has 1 aliphatic rings. The van der Waals surface area contributed by atoms with Gasteiger partial charge in [-0.2, -0.15) is 0 Å². The monoisotopic (exact) mass is 570 g/mol. The Balaban J connectivity index is 1.38. The SMILES string of the molecule is CCCCc1nc2c(N)nc3ccccc3c2n1CCCN(Cc1ccc(CC(=O)O)cc1)C(=O)CN1CCCCC1. The number of pyridine rings is 1. The number of anilines is 1. The molecule has 4 aromatic rings. The summed E-state index contributed by atoms with van der Waals surface area (Å²) in [6.45, 7) is 6.36. The molecule has 3 heterocycles. The Bertz CT molecular complexity index is 1520. The fourth-order valence-electron chi connectivity index (χ4n) is 5.95. The zero-order valence-electron chi connectivity index (χ0n) is 24.6. The molecule has 2 aromatic carbocycles. The number of hydrogen-bond donors (Lipinski definition) is 2. The molecule has 0 radical (unpaired) electrons. The number of benzene rings is 2. The van der Waals surface area contributed by atoms with E-state index >= 15 is 0 Å². The summed E-state index contributed by atoms with van der Waals surface area (Å²) < 4.78 is 2.29. The van der Waals surface area contributed by atoms with E-state index in [0.717, 1.165) is 90.5 Å². The van der Waals surface area contributed by atoms with Crippen molar-refractivity contribution in [2.45, 2.75) is 71.4 Å². The zero-order valence-corrected chi connectivity index (χ0v) is 24.6. The van der Waals surface area contributed by atoms with Gasteiger partial charge in [0.1, 0.15) is 11.3 Å². The third-order valence-corrected chi connectivity index (χ3v) is 8.17. The minimum absolute atomic E-state index is 0.00811. The van der Waals surface area contributed by atoms with Crippen molar-refractivity contribution in [1.29, 1.82) is 0 Å². The van der Waals surface area contributed by atoms with E-state index in [4.69, 9.17) is 15.8 Å². The molecule has 1 aliphatic heterocycles. The number of carboxylic acids is 1. The maximum atomic E-state index is 13.6. The van der Waals surface area contributed by atoms with Crippen LogP contribution >= 0.6 is 0 Å². The molecular formula is C33H42N6O3. The molecule has 1 amide bonds. The molecular weight excluding hydrogens is 528 g/mol. The second kappa shape index (κ2) is 13.8. The minimum Gasteiger partial charge on any atom is -0.481 e. The van der Waals surface area contributed by atoms with Gasteiger partial charge in [-0.3, -0.25) is 14.5 Å². The number of aliphatic carboxylic acids is 1. The number of nitrogen functional groups attached to an aromatic ring is 1. The maximum Gasteiger partial charge on any atom is 0.307 e. The normalized spacial score (nSPS) is 14.0. The first-order chi connectivity index (χ1) is 20.4. The van der Waals surface area contributed by atoms with E-state index in [2.05, 4.69) is 27.4 Å². The van der Waals surface area contributed by atoms with Crippen LogP contribution in [-0.2, 0) is 35.5 Å². The highest BCUT2D eigenvalue weighted by atomic mass is 16.4. The number of nitrogens with zero attached hydrogens (tertiary/aromatic N) is 5. The first kappa shape index (κ1) is 29.5. The van der Waals surface area contributed by atoms with Crippen molar-refractivity contribution < 1.29 is 14.7 Å². The molecule has 5 rings (SSSR count). The van der Waals surface area contributed by atoms with Crippen LogP contribution in [0.15, 0.2) is 48.5 Å². The van der Waals surface area contributed by atoms with Gasteiger partial charge in [0.25, 0.3) is 0 Å². The first-order valence-electron chi connectivity index (χ1n) is 15.3. The maximum absolute atomic E-state index is 13.6. The van der Waals surface area contributed by atoms with Gasteiger partial charge in [0.15, 0.2) is 5.82 Å². The average Bonchev–Trinajstić information content (AvgIpc) is 3.36. The summed E-state index contributed by atoms with van der Waals surface area (Å²) in [7, 11) is 0. The molecule has 0 atom stereocenters. The molecule has 0 spiro atoms. The van der Waals surface area contributed by atoms with Gasteiger partial charge in [-0.1, -0.05) is 62.2 Å². The van der Waals surface area contributed by atoms with Crippen molar-refractivity contribution in [1.82, 2.24) is 24.3 Å². The van der Waals surface area contributed by atoms with Crippen LogP contribution in [0.1, 0.15) is 62.4 Å². The third-order valence-electron chi connectivity index (χ3n) is 8.17. The predicted molar refractivity (Wildman–Crippen MR) is 166 cm³/mol. The standard InChI is InChI=1S/C33H42N6O3/c1-2-3-12-28-36-31-32(26-10-5-6-11-27(26)35-33(31)34)39(28)20-9-19-38(29(40)23-37-17-7-4-8-18-37)22-25-15-13-24(14-16-25)21-30(41)42/h5-6,10-11,13-16H,2-4,7-9,12,17-23H2,1H3,(H2,34,35)(H,41,42). The Morgan fingerprint density at radius 2 is 1.71 bits per heavy atom. The molecule has 42 heavy (non-hydrogen) atoms. The number of nitrogens with two attached hydrogens (primary N) is 1. The summed E-state index contributed by atoms with van der Waals surface area (Å²) in [6.07, 6.45) is 7.23. The second-order valence-corrected chi connectivity index (χ2v) is 11.4. The van der Waals surface area contributed by atoms with E-state index in [0.29, 0.717) is 32.0 Å². The smallest absolute Gasteiger partial charge is 0.307 e. The van der Waals surface area contributed by atoms with Crippen molar-refractivity contribution in [2.75, 3.05) is 31.9 Å². The molecule has 2 aromatic heterocycles. The molecule has 222 valence electrons. The van der Waals surface area contributed by atoms with Crippen LogP contribution in [-0.4, -0.2) is 67.5 Å². The summed E-state index contributed by atoms with van der Waals surface area (Å²) in [5.41, 5.74) is 10.8. The number of likely N-dealkylation sites (tertiary alicyclic amines) is 1. The van der Waals surface area contributed by atoms with Gasteiger partial charge in [0.2, 0.25) is 5.91 Å². The Morgan fingerprint density at radius 3 is 2.45 bits per heavy atom. The molecule has 1 saturated heterocycles. The Labute approximate surface area is 247 Å². The fraction of sp³-hybridized carbons (Fsp3) is 0.455. The Kier molecular flexibility index (Phi) is 9.69. The van der Waals surface area contributed by atoms with Crippen LogP contribution < -0.4 is 5.73 Å². The number of hydrogen-bond acceptors (Lipinski definition) is 6. The average molecular weight is 571 g/mol. The number of carbonyl (C=O) groups excluding carboxylic acids is 1. The van der Waals surface area contributed by atoms with E-state index in [1.807, 2.05) is 47.4 Å².